The van der Waals surface area contributed by atoms with Gasteiger partial charge in [-0.1, -0.05) is 59.6 Å². The molecule has 0 aromatic heterocycles. The average molecular weight is 619 g/mol. The zero-order valence-electron chi connectivity index (χ0n) is 23.3. The smallest absolute Gasteiger partial charge is 0.412 e. The van der Waals surface area contributed by atoms with E-state index in [1.165, 1.54) is 34.7 Å². The van der Waals surface area contributed by atoms with E-state index in [9.17, 15) is 27.6 Å². The first-order valence-electron chi connectivity index (χ1n) is 13.2. The third-order valence-electron chi connectivity index (χ3n) is 6.98. The number of benzene rings is 3. The lowest BCUT2D eigenvalue weighted by Gasteiger charge is -2.35. The number of hydrogen-bond donors (Lipinski definition) is 3. The van der Waals surface area contributed by atoms with Crippen LogP contribution >= 0.6 is 11.6 Å². The maximum Gasteiger partial charge on any atom is 0.412 e. The lowest BCUT2D eigenvalue weighted by atomic mass is 9.90. The fourth-order valence-electron chi connectivity index (χ4n) is 4.85. The van der Waals surface area contributed by atoms with Gasteiger partial charge in [-0.2, -0.15) is 13.2 Å². The van der Waals surface area contributed by atoms with Crippen molar-refractivity contribution in [3.05, 3.63) is 94.5 Å². The minimum absolute atomic E-state index is 0.0150. The number of methoxy groups -OCH3 is 1. The molecule has 0 aliphatic carbocycles. The van der Waals surface area contributed by atoms with Crippen LogP contribution in [-0.2, 0) is 19.9 Å². The Kier molecular flexibility index (Phi) is 9.82. The minimum Gasteiger partial charge on any atom is -0.453 e. The van der Waals surface area contributed by atoms with E-state index in [0.29, 0.717) is 16.3 Å². The van der Waals surface area contributed by atoms with Gasteiger partial charge in [0.15, 0.2) is 5.60 Å². The Hall–Kier alpha value is -4.29. The van der Waals surface area contributed by atoms with Crippen molar-refractivity contribution in [2.24, 2.45) is 0 Å². The summed E-state index contributed by atoms with van der Waals surface area (Å²) in [5, 5.41) is 7.64. The van der Waals surface area contributed by atoms with Gasteiger partial charge in [-0.05, 0) is 42.8 Å². The van der Waals surface area contributed by atoms with E-state index in [0.717, 1.165) is 7.11 Å². The zero-order chi connectivity index (χ0) is 31.2. The van der Waals surface area contributed by atoms with Crippen molar-refractivity contribution in [1.29, 1.82) is 0 Å². The van der Waals surface area contributed by atoms with Crippen LogP contribution < -0.4 is 16.0 Å². The van der Waals surface area contributed by atoms with Gasteiger partial charge in [0, 0.05) is 29.2 Å². The van der Waals surface area contributed by atoms with Crippen LogP contribution in [-0.4, -0.2) is 55.9 Å². The quantitative estimate of drug-likeness (QED) is 0.306. The van der Waals surface area contributed by atoms with Gasteiger partial charge in [0.25, 0.3) is 0 Å². The van der Waals surface area contributed by atoms with Crippen LogP contribution in [0.5, 0.6) is 0 Å². The van der Waals surface area contributed by atoms with E-state index < -0.39 is 42.5 Å². The number of fused-ring (bicyclic) bond motifs is 2. The SMILES string of the molecule is COC(=O)Nc1ccc(C(NCC(=O)N2CCC3(C2)OC(=O)Nc2ccc(Cl)cc23)C(F)(F)F)cc1.Cc1ccccc1. The second-order valence-electron chi connectivity index (χ2n) is 10.0. The van der Waals surface area contributed by atoms with Crippen molar-refractivity contribution in [2.75, 3.05) is 37.4 Å². The molecule has 0 saturated carbocycles. The second-order valence-corrected chi connectivity index (χ2v) is 10.4. The summed E-state index contributed by atoms with van der Waals surface area (Å²) >= 11 is 6.11. The monoisotopic (exact) mass is 618 g/mol. The van der Waals surface area contributed by atoms with Crippen molar-refractivity contribution in [1.82, 2.24) is 10.2 Å². The highest BCUT2D eigenvalue weighted by Gasteiger charge is 2.49. The number of carbonyl (C=O) groups excluding carboxylic acids is 3. The topological polar surface area (TPSA) is 109 Å². The van der Waals surface area contributed by atoms with Gasteiger partial charge in [0.1, 0.15) is 6.04 Å². The third-order valence-corrected chi connectivity index (χ3v) is 7.22. The molecule has 2 aliphatic heterocycles. The van der Waals surface area contributed by atoms with Gasteiger partial charge in [-0.3, -0.25) is 20.7 Å². The number of aryl methyl sites for hydroxylation is 1. The summed E-state index contributed by atoms with van der Waals surface area (Å²) in [5.41, 5.74) is 1.41. The zero-order valence-corrected chi connectivity index (χ0v) is 24.1. The summed E-state index contributed by atoms with van der Waals surface area (Å²) in [5.74, 6) is -0.580. The Bertz CT molecular complexity index is 1460. The highest BCUT2D eigenvalue weighted by Crippen LogP contribution is 2.43. The number of rotatable bonds is 5. The summed E-state index contributed by atoms with van der Waals surface area (Å²) in [4.78, 5) is 37.6. The standard InChI is InChI=1S/C23H22ClF3N4O5.C7H8/c1-35-20(33)29-15-5-2-13(3-6-15)19(23(25,26)27)28-11-18(32)31-9-8-22(12-31)16-10-14(24)4-7-17(16)30-21(34)36-22;1-7-5-3-2-4-6-7/h2-7,10,19,28H,8-9,11-12H2,1H3,(H,29,33)(H,30,34);2-6H,1H3. The van der Waals surface area contributed by atoms with E-state index in [-0.39, 0.29) is 30.8 Å². The van der Waals surface area contributed by atoms with E-state index in [1.54, 1.807) is 18.2 Å². The largest absolute Gasteiger partial charge is 0.453 e. The van der Waals surface area contributed by atoms with Crippen LogP contribution in [0.1, 0.15) is 29.2 Å². The van der Waals surface area contributed by atoms with Crippen LogP contribution in [0, 0.1) is 6.92 Å². The molecule has 9 nitrogen and oxygen atoms in total. The van der Waals surface area contributed by atoms with E-state index in [2.05, 4.69) is 39.7 Å². The van der Waals surface area contributed by atoms with Crippen molar-refractivity contribution < 1.29 is 37.0 Å². The van der Waals surface area contributed by atoms with Crippen LogP contribution in [0.15, 0.2) is 72.8 Å². The maximum atomic E-state index is 13.8. The summed E-state index contributed by atoms with van der Waals surface area (Å²) in [6, 6.07) is 18.0. The fourth-order valence-corrected chi connectivity index (χ4v) is 5.03. The van der Waals surface area contributed by atoms with Gasteiger partial charge in [0.05, 0.1) is 25.9 Å². The molecule has 1 spiro atoms. The van der Waals surface area contributed by atoms with E-state index >= 15 is 0 Å². The number of anilines is 2. The molecule has 2 unspecified atom stereocenters. The summed E-state index contributed by atoms with van der Waals surface area (Å²) in [6.45, 7) is 1.65. The number of hydrogen-bond acceptors (Lipinski definition) is 6. The van der Waals surface area contributed by atoms with Gasteiger partial charge in [0.2, 0.25) is 5.91 Å². The molecule has 3 amide bonds. The molecular weight excluding hydrogens is 589 g/mol. The summed E-state index contributed by atoms with van der Waals surface area (Å²) < 4.78 is 51.3. The molecule has 1 saturated heterocycles. The molecule has 228 valence electrons. The highest BCUT2D eigenvalue weighted by atomic mass is 35.5. The number of amides is 3. The van der Waals surface area contributed by atoms with Crippen molar-refractivity contribution in [3.63, 3.8) is 0 Å². The Morgan fingerprint density at radius 1 is 1.12 bits per heavy atom. The second kappa shape index (κ2) is 13.3. The van der Waals surface area contributed by atoms with Crippen LogP contribution in [0.3, 0.4) is 0 Å². The molecule has 3 aromatic rings. The van der Waals surface area contributed by atoms with Crippen LogP contribution in [0.2, 0.25) is 5.02 Å². The van der Waals surface area contributed by atoms with Crippen molar-refractivity contribution in [3.8, 4) is 0 Å². The first-order chi connectivity index (χ1) is 20.4. The lowest BCUT2D eigenvalue weighted by Crippen LogP contribution is -2.45. The Morgan fingerprint density at radius 3 is 2.42 bits per heavy atom. The minimum atomic E-state index is -4.69. The molecular formula is C30H30ClF3N4O5. The van der Waals surface area contributed by atoms with Gasteiger partial charge in [-0.25, -0.2) is 9.59 Å². The highest BCUT2D eigenvalue weighted by molar-refractivity contribution is 6.30. The number of alkyl halides is 3. The molecule has 43 heavy (non-hydrogen) atoms. The molecule has 1 fully saturated rings. The first-order valence-corrected chi connectivity index (χ1v) is 13.6. The summed E-state index contributed by atoms with van der Waals surface area (Å²) in [6.07, 6.45) is -5.85. The first kappa shape index (κ1) is 31.6. The van der Waals surface area contributed by atoms with Gasteiger partial charge >= 0.3 is 18.4 Å². The van der Waals surface area contributed by atoms with Gasteiger partial charge < -0.3 is 14.4 Å². The number of ether oxygens (including phenoxy) is 2. The van der Waals surface area contributed by atoms with Crippen LogP contribution in [0.4, 0.5) is 34.1 Å². The molecule has 13 heteroatoms. The maximum absolute atomic E-state index is 13.8. The molecule has 0 radical (unpaired) electrons. The van der Waals surface area contributed by atoms with Crippen molar-refractivity contribution >= 4 is 41.1 Å². The van der Waals surface area contributed by atoms with Crippen molar-refractivity contribution in [2.45, 2.75) is 31.2 Å². The fraction of sp³-hybridized carbons (Fsp3) is 0.300. The predicted octanol–water partition coefficient (Wildman–Crippen LogP) is 6.40. The number of nitrogens with one attached hydrogen (secondary N) is 3. The number of likely N-dealkylation sites (tertiary alicyclic amines) is 1. The number of halogens is 4. The summed E-state index contributed by atoms with van der Waals surface area (Å²) in [7, 11) is 1.16. The molecule has 2 aliphatic rings. The number of carbonyl (C=O) groups is 3. The van der Waals surface area contributed by atoms with E-state index in [4.69, 9.17) is 16.3 Å². The Morgan fingerprint density at radius 2 is 1.81 bits per heavy atom. The molecule has 3 N–H and O–H groups in total. The van der Waals surface area contributed by atoms with E-state index in [1.807, 2.05) is 18.2 Å². The Balaban J connectivity index is 0.000000530. The van der Waals surface area contributed by atoms with Gasteiger partial charge in [-0.15, -0.1) is 0 Å². The molecule has 5 rings (SSSR count). The van der Waals surface area contributed by atoms with Crippen LogP contribution in [0.25, 0.3) is 0 Å². The Labute approximate surface area is 251 Å². The lowest BCUT2D eigenvalue weighted by molar-refractivity contribution is -0.159. The third kappa shape index (κ3) is 7.96. The molecule has 2 atom stereocenters. The molecule has 3 aromatic carbocycles. The average Bonchev–Trinajstić information content (AvgIpc) is 3.38. The normalized spacial score (nSPS) is 18.0. The molecule has 2 heterocycles. The molecule has 0 bridgehead atoms. The predicted molar refractivity (Wildman–Crippen MR) is 155 cm³/mol. The number of nitrogens with zero attached hydrogens (tertiary/aromatic N) is 1.